The molecule has 1 aliphatic rings. The first kappa shape index (κ1) is 8.26. The summed E-state index contributed by atoms with van der Waals surface area (Å²) in [5.41, 5.74) is 0. The van der Waals surface area contributed by atoms with Crippen molar-refractivity contribution in [2.75, 3.05) is 13.8 Å². The van der Waals surface area contributed by atoms with Crippen molar-refractivity contribution in [2.24, 2.45) is 4.99 Å². The van der Waals surface area contributed by atoms with E-state index in [1.807, 2.05) is 0 Å². The van der Waals surface area contributed by atoms with Gasteiger partial charge in [-0.1, -0.05) is 0 Å². The number of rotatable bonds is 0. The first-order valence-electron chi connectivity index (χ1n) is 2.96. The Kier molecular flexibility index (Phi) is 2.64. The van der Waals surface area contributed by atoms with Crippen LogP contribution in [0.2, 0.25) is 0 Å². The highest BCUT2D eigenvalue weighted by Gasteiger charge is 2.12. The van der Waals surface area contributed by atoms with E-state index in [9.17, 15) is 4.79 Å². The monoisotopic (exact) mass is 218 g/mol. The third-order valence-corrected chi connectivity index (χ3v) is 1.55. The first-order valence-corrected chi connectivity index (χ1v) is 3.75. The second kappa shape index (κ2) is 3.52. The number of carbonyl (C=O) groups excluding carboxylic acids is 1. The maximum Gasteiger partial charge on any atom is 0.415 e. The molecule has 0 aromatic heterocycles. The number of carbonyl (C=O) groups is 1. The molecule has 1 aliphatic heterocycles. The van der Waals surface area contributed by atoms with Gasteiger partial charge in [-0.25, -0.2) is 4.79 Å². The minimum atomic E-state index is -0.404. The Hall–Kier alpha value is -0.840. The number of aliphatic imine (C=N–C) groups is 1. The van der Waals surface area contributed by atoms with Crippen molar-refractivity contribution < 1.29 is 9.53 Å². The molecule has 60 valence electrons. The molecule has 4 nitrogen and oxygen atoms in total. The summed E-state index contributed by atoms with van der Waals surface area (Å²) in [5.74, 6) is 0. The zero-order valence-electron chi connectivity index (χ0n) is 5.95. The molecule has 1 amide bonds. The fourth-order valence-corrected chi connectivity index (χ4v) is 1.06. The predicted molar refractivity (Wildman–Crippen MR) is 44.6 cm³/mol. The third-order valence-electron chi connectivity index (χ3n) is 1.14. The van der Waals surface area contributed by atoms with E-state index in [1.165, 1.54) is 12.0 Å². The van der Waals surface area contributed by atoms with Crippen LogP contribution in [-0.2, 0) is 4.74 Å². The average Bonchev–Trinajstić information content (AvgIpc) is 2.03. The molecule has 0 aromatic rings. The third kappa shape index (κ3) is 2.04. The summed E-state index contributed by atoms with van der Waals surface area (Å²) in [4.78, 5) is 16.1. The summed E-state index contributed by atoms with van der Waals surface area (Å²) >= 11 is 3.19. The molecule has 0 aromatic carbocycles. The van der Waals surface area contributed by atoms with Crippen LogP contribution in [0.4, 0.5) is 4.79 Å². The van der Waals surface area contributed by atoms with E-state index in [1.54, 1.807) is 12.4 Å². The van der Waals surface area contributed by atoms with Crippen LogP contribution in [0, 0.1) is 0 Å². The fraction of sp³-hybridized carbons (Fsp3) is 0.333. The van der Waals surface area contributed by atoms with Crippen LogP contribution in [0.3, 0.4) is 0 Å². The number of allylic oxidation sites excluding steroid dienone is 1. The van der Waals surface area contributed by atoms with Gasteiger partial charge in [0.05, 0.1) is 11.6 Å². The minimum absolute atomic E-state index is 0.321. The van der Waals surface area contributed by atoms with Crippen LogP contribution in [0.5, 0.6) is 0 Å². The summed E-state index contributed by atoms with van der Waals surface area (Å²) in [6, 6.07) is 0. The van der Waals surface area contributed by atoms with Crippen molar-refractivity contribution in [3.63, 3.8) is 0 Å². The lowest BCUT2D eigenvalue weighted by Crippen LogP contribution is -2.27. The Balaban J connectivity index is 2.63. The summed E-state index contributed by atoms with van der Waals surface area (Å²) < 4.78 is 5.24. The van der Waals surface area contributed by atoms with Crippen LogP contribution in [0.15, 0.2) is 15.7 Å². The molecule has 1 rings (SSSR count). The van der Waals surface area contributed by atoms with Crippen molar-refractivity contribution in [3.8, 4) is 0 Å². The summed E-state index contributed by atoms with van der Waals surface area (Å²) in [7, 11) is 1.34. The van der Waals surface area contributed by atoms with E-state index in [0.717, 1.165) is 4.48 Å². The van der Waals surface area contributed by atoms with E-state index < -0.39 is 6.09 Å². The molecular formula is C6H7BrN2O2. The summed E-state index contributed by atoms with van der Waals surface area (Å²) in [6.45, 7) is 0.321. The quantitative estimate of drug-likeness (QED) is 0.616. The second-order valence-electron chi connectivity index (χ2n) is 1.91. The first-order chi connectivity index (χ1) is 5.24. The Morgan fingerprint density at radius 3 is 3.18 bits per heavy atom. The van der Waals surface area contributed by atoms with Crippen LogP contribution in [0.1, 0.15) is 0 Å². The fourth-order valence-electron chi connectivity index (χ4n) is 0.667. The van der Waals surface area contributed by atoms with Gasteiger partial charge in [-0.15, -0.1) is 0 Å². The maximum atomic E-state index is 10.9. The SMILES string of the molecule is COC(=O)N1C=C(Br)C=NC1. The average molecular weight is 219 g/mol. The lowest BCUT2D eigenvalue weighted by molar-refractivity contribution is 0.140. The topological polar surface area (TPSA) is 41.9 Å². The molecule has 0 spiro atoms. The van der Waals surface area contributed by atoms with Crippen molar-refractivity contribution in [1.29, 1.82) is 0 Å². The molecule has 11 heavy (non-hydrogen) atoms. The number of hydrogen-bond donors (Lipinski definition) is 0. The Bertz CT molecular complexity index is 225. The molecule has 0 saturated heterocycles. The smallest absolute Gasteiger partial charge is 0.415 e. The van der Waals surface area contributed by atoms with Gasteiger partial charge in [0.2, 0.25) is 0 Å². The Morgan fingerprint density at radius 2 is 2.64 bits per heavy atom. The maximum absolute atomic E-state index is 10.9. The van der Waals surface area contributed by atoms with Gasteiger partial charge in [0, 0.05) is 12.4 Å². The normalized spacial score (nSPS) is 16.2. The van der Waals surface area contributed by atoms with Crippen molar-refractivity contribution in [2.45, 2.75) is 0 Å². The van der Waals surface area contributed by atoms with Crippen molar-refractivity contribution in [3.05, 3.63) is 10.7 Å². The molecule has 1 heterocycles. The lowest BCUT2D eigenvalue weighted by Gasteiger charge is -2.16. The number of halogens is 1. The van der Waals surface area contributed by atoms with E-state index in [-0.39, 0.29) is 0 Å². The molecule has 0 saturated carbocycles. The Morgan fingerprint density at radius 1 is 1.91 bits per heavy atom. The van der Waals surface area contributed by atoms with E-state index in [2.05, 4.69) is 25.7 Å². The second-order valence-corrected chi connectivity index (χ2v) is 2.82. The van der Waals surface area contributed by atoms with Crippen LogP contribution in [0.25, 0.3) is 0 Å². The van der Waals surface area contributed by atoms with Gasteiger partial charge >= 0.3 is 6.09 Å². The van der Waals surface area contributed by atoms with Crippen molar-refractivity contribution >= 4 is 28.2 Å². The van der Waals surface area contributed by atoms with Gasteiger partial charge in [0.25, 0.3) is 0 Å². The zero-order valence-corrected chi connectivity index (χ0v) is 7.54. The Labute approximate surface area is 72.7 Å². The van der Waals surface area contributed by atoms with Crippen molar-refractivity contribution in [1.82, 2.24) is 4.90 Å². The number of ether oxygens (including phenoxy) is 1. The van der Waals surface area contributed by atoms with Gasteiger partial charge in [0.15, 0.2) is 0 Å². The van der Waals surface area contributed by atoms with Crippen LogP contribution in [-0.4, -0.2) is 31.0 Å². The number of amides is 1. The highest BCUT2D eigenvalue weighted by Crippen LogP contribution is 2.09. The minimum Gasteiger partial charge on any atom is -0.452 e. The molecule has 0 fully saturated rings. The van der Waals surface area contributed by atoms with E-state index in [4.69, 9.17) is 0 Å². The molecule has 0 N–H and O–H groups in total. The van der Waals surface area contributed by atoms with Crippen LogP contribution < -0.4 is 0 Å². The van der Waals surface area contributed by atoms with Gasteiger partial charge in [-0.05, 0) is 15.9 Å². The highest BCUT2D eigenvalue weighted by atomic mass is 79.9. The van der Waals surface area contributed by atoms with E-state index in [0.29, 0.717) is 6.67 Å². The number of nitrogens with zero attached hydrogens (tertiary/aromatic N) is 2. The van der Waals surface area contributed by atoms with Gasteiger partial charge in [-0.2, -0.15) is 0 Å². The van der Waals surface area contributed by atoms with Gasteiger partial charge in [-0.3, -0.25) is 9.89 Å². The van der Waals surface area contributed by atoms with Gasteiger partial charge in [0.1, 0.15) is 6.67 Å². The largest absolute Gasteiger partial charge is 0.452 e. The zero-order chi connectivity index (χ0) is 8.27. The molecule has 0 bridgehead atoms. The molecule has 0 aliphatic carbocycles. The summed E-state index contributed by atoms with van der Waals surface area (Å²) in [5, 5.41) is 0. The standard InChI is InChI=1S/C6H7BrN2O2/c1-11-6(10)9-3-5(7)2-8-4-9/h2-3H,4H2,1H3. The van der Waals surface area contributed by atoms with Crippen LogP contribution >= 0.6 is 15.9 Å². The molecular weight excluding hydrogens is 212 g/mol. The summed E-state index contributed by atoms with van der Waals surface area (Å²) in [6.07, 6.45) is 2.86. The molecule has 5 heteroatoms. The molecule has 0 unspecified atom stereocenters. The lowest BCUT2D eigenvalue weighted by atomic mass is 10.5. The predicted octanol–water partition coefficient (Wildman–Crippen LogP) is 1.33. The van der Waals surface area contributed by atoms with E-state index >= 15 is 0 Å². The molecule has 0 atom stereocenters. The molecule has 0 radical (unpaired) electrons. The number of hydrogen-bond acceptors (Lipinski definition) is 3. The highest BCUT2D eigenvalue weighted by molar-refractivity contribution is 9.12. The van der Waals surface area contributed by atoms with Gasteiger partial charge < -0.3 is 4.74 Å². The number of methoxy groups -OCH3 is 1.